The van der Waals surface area contributed by atoms with E-state index in [1.165, 1.54) is 0 Å². The topological polar surface area (TPSA) is 38.7 Å². The highest BCUT2D eigenvalue weighted by molar-refractivity contribution is 4.46. The summed E-state index contributed by atoms with van der Waals surface area (Å²) < 4.78 is 10.5. The average molecular weight is 162 g/mol. The molecular weight excluding hydrogens is 144 g/mol. The summed E-state index contributed by atoms with van der Waals surface area (Å²) in [5.41, 5.74) is 0. The Morgan fingerprint density at radius 3 is 1.55 bits per heavy atom. The van der Waals surface area contributed by atoms with E-state index in [0.29, 0.717) is 0 Å². The van der Waals surface area contributed by atoms with Crippen LogP contribution in [-0.4, -0.2) is 30.2 Å². The molecule has 68 valence electrons. The van der Waals surface area contributed by atoms with Gasteiger partial charge < -0.3 is 14.6 Å². The maximum Gasteiger partial charge on any atom is 0.181 e. The predicted octanol–water partition coefficient (Wildman–Crippen LogP) is 1.15. The summed E-state index contributed by atoms with van der Waals surface area (Å²) in [4.78, 5) is 0. The molecule has 0 aromatic rings. The van der Waals surface area contributed by atoms with Gasteiger partial charge in [0.1, 0.15) is 0 Å². The highest BCUT2D eigenvalue weighted by Gasteiger charge is 2.11. The first-order valence-corrected chi connectivity index (χ1v) is 3.98. The van der Waals surface area contributed by atoms with E-state index in [1.807, 2.05) is 27.7 Å². The Balaban J connectivity index is 3.58. The molecule has 0 unspecified atom stereocenters. The number of ether oxygens (including phenoxy) is 2. The van der Waals surface area contributed by atoms with Gasteiger partial charge in [0.2, 0.25) is 0 Å². The molecule has 0 radical (unpaired) electrons. The van der Waals surface area contributed by atoms with Crippen LogP contribution in [0.1, 0.15) is 27.7 Å². The lowest BCUT2D eigenvalue weighted by molar-refractivity contribution is -0.197. The zero-order chi connectivity index (χ0) is 8.85. The van der Waals surface area contributed by atoms with Crippen molar-refractivity contribution in [1.82, 2.24) is 0 Å². The molecule has 0 aromatic heterocycles. The van der Waals surface area contributed by atoms with Crippen LogP contribution in [0.5, 0.6) is 0 Å². The van der Waals surface area contributed by atoms with Crippen molar-refractivity contribution in [2.75, 3.05) is 6.61 Å². The number of rotatable bonds is 5. The van der Waals surface area contributed by atoms with E-state index in [4.69, 9.17) is 14.6 Å². The SMILES string of the molecule is CC(C)OC(CO)OC(C)C. The van der Waals surface area contributed by atoms with E-state index < -0.39 is 6.29 Å². The minimum absolute atomic E-state index is 0.0869. The van der Waals surface area contributed by atoms with Gasteiger partial charge in [0, 0.05) is 0 Å². The second-order valence-electron chi connectivity index (χ2n) is 2.98. The maximum absolute atomic E-state index is 8.77. The van der Waals surface area contributed by atoms with Gasteiger partial charge in [-0.05, 0) is 27.7 Å². The van der Waals surface area contributed by atoms with Crippen molar-refractivity contribution in [3.8, 4) is 0 Å². The minimum atomic E-state index is -0.477. The molecule has 0 saturated carbocycles. The molecule has 0 fully saturated rings. The zero-order valence-electron chi connectivity index (χ0n) is 7.70. The van der Waals surface area contributed by atoms with Gasteiger partial charge in [0.25, 0.3) is 0 Å². The molecular formula is C8H18O3. The van der Waals surface area contributed by atoms with Crippen molar-refractivity contribution in [2.24, 2.45) is 0 Å². The van der Waals surface area contributed by atoms with Gasteiger partial charge in [0.05, 0.1) is 18.8 Å². The molecule has 0 atom stereocenters. The number of hydrogen-bond acceptors (Lipinski definition) is 3. The number of aliphatic hydroxyl groups is 1. The molecule has 3 heteroatoms. The molecule has 3 nitrogen and oxygen atoms in total. The van der Waals surface area contributed by atoms with Crippen LogP contribution >= 0.6 is 0 Å². The Hall–Kier alpha value is -0.120. The lowest BCUT2D eigenvalue weighted by Crippen LogP contribution is -2.27. The largest absolute Gasteiger partial charge is 0.391 e. The van der Waals surface area contributed by atoms with Crippen LogP contribution in [0.2, 0.25) is 0 Å². The van der Waals surface area contributed by atoms with E-state index in [2.05, 4.69) is 0 Å². The van der Waals surface area contributed by atoms with Gasteiger partial charge in [-0.25, -0.2) is 0 Å². The van der Waals surface area contributed by atoms with Crippen LogP contribution in [0.4, 0.5) is 0 Å². The first-order valence-electron chi connectivity index (χ1n) is 3.98. The lowest BCUT2D eigenvalue weighted by Gasteiger charge is -2.20. The lowest BCUT2D eigenvalue weighted by atomic mass is 10.4. The van der Waals surface area contributed by atoms with Crippen molar-refractivity contribution in [1.29, 1.82) is 0 Å². The Morgan fingerprint density at radius 1 is 1.00 bits per heavy atom. The van der Waals surface area contributed by atoms with E-state index >= 15 is 0 Å². The van der Waals surface area contributed by atoms with Crippen LogP contribution in [0.25, 0.3) is 0 Å². The fourth-order valence-electron chi connectivity index (χ4n) is 0.725. The van der Waals surface area contributed by atoms with Crippen molar-refractivity contribution >= 4 is 0 Å². The van der Waals surface area contributed by atoms with Gasteiger partial charge in [0.15, 0.2) is 6.29 Å². The molecule has 0 aliphatic rings. The van der Waals surface area contributed by atoms with E-state index in [-0.39, 0.29) is 18.8 Å². The van der Waals surface area contributed by atoms with Gasteiger partial charge in [-0.2, -0.15) is 0 Å². The molecule has 0 heterocycles. The van der Waals surface area contributed by atoms with E-state index in [9.17, 15) is 0 Å². The highest BCUT2D eigenvalue weighted by atomic mass is 16.7. The van der Waals surface area contributed by atoms with Crippen LogP contribution in [0.15, 0.2) is 0 Å². The normalized spacial score (nSPS) is 12.0. The maximum atomic E-state index is 8.77. The molecule has 11 heavy (non-hydrogen) atoms. The van der Waals surface area contributed by atoms with Gasteiger partial charge >= 0.3 is 0 Å². The minimum Gasteiger partial charge on any atom is -0.391 e. The van der Waals surface area contributed by atoms with Crippen LogP contribution in [0, 0.1) is 0 Å². The Labute approximate surface area is 68.3 Å². The summed E-state index contributed by atoms with van der Waals surface area (Å²) in [6.07, 6.45) is -0.299. The third-order valence-corrected chi connectivity index (χ3v) is 0.997. The zero-order valence-corrected chi connectivity index (χ0v) is 7.70. The van der Waals surface area contributed by atoms with Crippen molar-refractivity contribution in [2.45, 2.75) is 46.2 Å². The van der Waals surface area contributed by atoms with E-state index in [1.54, 1.807) is 0 Å². The molecule has 0 bridgehead atoms. The Kier molecular flexibility index (Phi) is 5.46. The molecule has 0 aromatic carbocycles. The van der Waals surface area contributed by atoms with Crippen molar-refractivity contribution in [3.05, 3.63) is 0 Å². The van der Waals surface area contributed by atoms with Crippen LogP contribution in [-0.2, 0) is 9.47 Å². The predicted molar refractivity (Wildman–Crippen MR) is 43.3 cm³/mol. The van der Waals surface area contributed by atoms with Crippen molar-refractivity contribution in [3.63, 3.8) is 0 Å². The summed E-state index contributed by atoms with van der Waals surface area (Å²) in [6.45, 7) is 7.55. The van der Waals surface area contributed by atoms with Crippen LogP contribution in [0.3, 0.4) is 0 Å². The third kappa shape index (κ3) is 6.28. The fourth-order valence-corrected chi connectivity index (χ4v) is 0.725. The highest BCUT2D eigenvalue weighted by Crippen LogP contribution is 2.02. The monoisotopic (exact) mass is 162 g/mol. The second-order valence-corrected chi connectivity index (χ2v) is 2.98. The summed E-state index contributed by atoms with van der Waals surface area (Å²) in [6, 6.07) is 0. The summed E-state index contributed by atoms with van der Waals surface area (Å²) in [7, 11) is 0. The van der Waals surface area contributed by atoms with E-state index in [0.717, 1.165) is 0 Å². The fraction of sp³-hybridized carbons (Fsp3) is 1.00. The second kappa shape index (κ2) is 5.52. The summed E-state index contributed by atoms with van der Waals surface area (Å²) in [5, 5.41) is 8.77. The van der Waals surface area contributed by atoms with Gasteiger partial charge in [-0.3, -0.25) is 0 Å². The molecule has 0 amide bonds. The quantitative estimate of drug-likeness (QED) is 0.616. The van der Waals surface area contributed by atoms with Gasteiger partial charge in [-0.15, -0.1) is 0 Å². The number of hydrogen-bond donors (Lipinski definition) is 1. The average Bonchev–Trinajstić information content (AvgIpc) is 1.84. The van der Waals surface area contributed by atoms with Gasteiger partial charge in [-0.1, -0.05) is 0 Å². The molecule has 0 rings (SSSR count). The smallest absolute Gasteiger partial charge is 0.181 e. The van der Waals surface area contributed by atoms with Crippen molar-refractivity contribution < 1.29 is 14.6 Å². The summed E-state index contributed by atoms with van der Waals surface area (Å²) >= 11 is 0. The molecule has 0 aliphatic heterocycles. The summed E-state index contributed by atoms with van der Waals surface area (Å²) in [5.74, 6) is 0. The molecule has 0 aliphatic carbocycles. The first kappa shape index (κ1) is 10.9. The molecule has 0 saturated heterocycles. The number of aliphatic hydroxyl groups excluding tert-OH is 1. The third-order valence-electron chi connectivity index (χ3n) is 0.997. The van der Waals surface area contributed by atoms with Crippen LogP contribution < -0.4 is 0 Å². The first-order chi connectivity index (χ1) is 5.06. The standard InChI is InChI=1S/C8H18O3/c1-6(2)10-8(5-9)11-7(3)4/h6-9H,5H2,1-4H3. The molecule has 1 N–H and O–H groups in total. The Morgan fingerprint density at radius 2 is 1.36 bits per heavy atom. The Bertz CT molecular complexity index is 81.3. The molecule has 0 spiro atoms.